The average molecular weight is 215 g/mol. The molecule has 0 atom stereocenters. The van der Waals surface area contributed by atoms with Crippen LogP contribution in [0.2, 0.25) is 0 Å². The SMILES string of the molecule is NC(=O)c1cccnc1-c1ccc(=O)[nH]c1. The largest absolute Gasteiger partial charge is 0.366 e. The van der Waals surface area contributed by atoms with E-state index >= 15 is 0 Å². The van der Waals surface area contributed by atoms with E-state index in [0.717, 1.165) is 0 Å². The fraction of sp³-hybridized carbons (Fsp3) is 0. The van der Waals surface area contributed by atoms with Crippen LogP contribution in [-0.4, -0.2) is 15.9 Å². The van der Waals surface area contributed by atoms with E-state index in [1.165, 1.54) is 12.3 Å². The molecule has 0 aromatic carbocycles. The van der Waals surface area contributed by atoms with Gasteiger partial charge in [-0.3, -0.25) is 14.6 Å². The molecule has 2 aromatic rings. The van der Waals surface area contributed by atoms with Crippen molar-refractivity contribution in [1.82, 2.24) is 9.97 Å². The van der Waals surface area contributed by atoms with Gasteiger partial charge in [-0.2, -0.15) is 0 Å². The first-order chi connectivity index (χ1) is 7.68. The van der Waals surface area contributed by atoms with Crippen LogP contribution in [0.5, 0.6) is 0 Å². The van der Waals surface area contributed by atoms with Crippen molar-refractivity contribution >= 4 is 5.91 Å². The van der Waals surface area contributed by atoms with E-state index in [1.807, 2.05) is 0 Å². The van der Waals surface area contributed by atoms with Gasteiger partial charge in [0.25, 0.3) is 5.91 Å². The molecule has 0 unspecified atom stereocenters. The quantitative estimate of drug-likeness (QED) is 0.766. The molecule has 2 rings (SSSR count). The maximum atomic E-state index is 11.2. The highest BCUT2D eigenvalue weighted by Crippen LogP contribution is 2.18. The number of hydrogen-bond donors (Lipinski definition) is 2. The Labute approximate surface area is 91.0 Å². The molecule has 0 bridgehead atoms. The van der Waals surface area contributed by atoms with Gasteiger partial charge in [0.15, 0.2) is 0 Å². The van der Waals surface area contributed by atoms with Crippen LogP contribution >= 0.6 is 0 Å². The van der Waals surface area contributed by atoms with Gasteiger partial charge in [-0.05, 0) is 18.2 Å². The number of rotatable bonds is 2. The normalized spacial score (nSPS) is 10.0. The summed E-state index contributed by atoms with van der Waals surface area (Å²) in [6.07, 6.45) is 3.06. The van der Waals surface area contributed by atoms with E-state index in [9.17, 15) is 9.59 Å². The van der Waals surface area contributed by atoms with Crippen LogP contribution in [0.4, 0.5) is 0 Å². The van der Waals surface area contributed by atoms with Crippen LogP contribution < -0.4 is 11.3 Å². The zero-order valence-electron chi connectivity index (χ0n) is 8.31. The third kappa shape index (κ3) is 1.83. The highest BCUT2D eigenvalue weighted by atomic mass is 16.1. The maximum absolute atomic E-state index is 11.2. The summed E-state index contributed by atoms with van der Waals surface area (Å²) < 4.78 is 0. The van der Waals surface area contributed by atoms with E-state index in [1.54, 1.807) is 24.4 Å². The van der Waals surface area contributed by atoms with Crippen molar-refractivity contribution in [2.45, 2.75) is 0 Å². The topological polar surface area (TPSA) is 88.8 Å². The van der Waals surface area contributed by atoms with Gasteiger partial charge in [0.1, 0.15) is 0 Å². The lowest BCUT2D eigenvalue weighted by Gasteiger charge is -2.04. The van der Waals surface area contributed by atoms with E-state index < -0.39 is 5.91 Å². The molecule has 0 saturated heterocycles. The minimum atomic E-state index is -0.547. The number of carbonyl (C=O) groups excluding carboxylic acids is 1. The fourth-order valence-electron chi connectivity index (χ4n) is 1.39. The number of pyridine rings is 2. The molecule has 5 nitrogen and oxygen atoms in total. The van der Waals surface area contributed by atoms with Gasteiger partial charge < -0.3 is 10.7 Å². The van der Waals surface area contributed by atoms with E-state index in [-0.39, 0.29) is 5.56 Å². The number of aromatic amines is 1. The Morgan fingerprint density at radius 1 is 1.31 bits per heavy atom. The van der Waals surface area contributed by atoms with Crippen molar-refractivity contribution in [1.29, 1.82) is 0 Å². The lowest BCUT2D eigenvalue weighted by atomic mass is 10.1. The number of aromatic nitrogens is 2. The summed E-state index contributed by atoms with van der Waals surface area (Å²) in [4.78, 5) is 28.7. The Morgan fingerprint density at radius 2 is 2.12 bits per heavy atom. The Morgan fingerprint density at radius 3 is 2.75 bits per heavy atom. The number of nitrogens with two attached hydrogens (primary N) is 1. The van der Waals surface area contributed by atoms with Gasteiger partial charge in [0.2, 0.25) is 5.56 Å². The van der Waals surface area contributed by atoms with Crippen LogP contribution in [-0.2, 0) is 0 Å². The smallest absolute Gasteiger partial charge is 0.250 e. The summed E-state index contributed by atoms with van der Waals surface area (Å²) in [5, 5.41) is 0. The van der Waals surface area contributed by atoms with E-state index in [2.05, 4.69) is 9.97 Å². The Kier molecular flexibility index (Phi) is 2.51. The van der Waals surface area contributed by atoms with Crippen LogP contribution in [0, 0.1) is 0 Å². The summed E-state index contributed by atoms with van der Waals surface area (Å²) in [5.74, 6) is -0.547. The van der Waals surface area contributed by atoms with Crippen molar-refractivity contribution in [3.63, 3.8) is 0 Å². The Hall–Kier alpha value is -2.43. The number of amides is 1. The Bertz CT molecular complexity index is 569. The molecule has 80 valence electrons. The zero-order chi connectivity index (χ0) is 11.5. The molecular weight excluding hydrogens is 206 g/mol. The molecule has 0 radical (unpaired) electrons. The average Bonchev–Trinajstić information content (AvgIpc) is 2.30. The van der Waals surface area contributed by atoms with Crippen LogP contribution in [0.3, 0.4) is 0 Å². The number of nitrogens with zero attached hydrogens (tertiary/aromatic N) is 1. The van der Waals surface area contributed by atoms with Gasteiger partial charge in [-0.15, -0.1) is 0 Å². The van der Waals surface area contributed by atoms with Gasteiger partial charge in [-0.25, -0.2) is 0 Å². The third-order valence-electron chi connectivity index (χ3n) is 2.13. The minimum Gasteiger partial charge on any atom is -0.366 e. The molecule has 5 heteroatoms. The molecule has 1 amide bonds. The van der Waals surface area contributed by atoms with Crippen molar-refractivity contribution < 1.29 is 4.79 Å². The first-order valence-corrected chi connectivity index (χ1v) is 4.62. The molecule has 0 spiro atoms. The van der Waals surface area contributed by atoms with Gasteiger partial charge >= 0.3 is 0 Å². The highest BCUT2D eigenvalue weighted by Gasteiger charge is 2.10. The molecular formula is C11H9N3O2. The molecule has 0 saturated carbocycles. The molecule has 0 aliphatic heterocycles. The van der Waals surface area contributed by atoms with Gasteiger partial charge in [-0.1, -0.05) is 0 Å². The predicted molar refractivity (Wildman–Crippen MR) is 58.8 cm³/mol. The van der Waals surface area contributed by atoms with Crippen LogP contribution in [0.15, 0.2) is 41.5 Å². The number of hydrogen-bond acceptors (Lipinski definition) is 3. The first-order valence-electron chi connectivity index (χ1n) is 4.62. The summed E-state index contributed by atoms with van der Waals surface area (Å²) >= 11 is 0. The minimum absolute atomic E-state index is 0.208. The maximum Gasteiger partial charge on any atom is 0.250 e. The summed E-state index contributed by atoms with van der Waals surface area (Å²) in [7, 11) is 0. The second-order valence-electron chi connectivity index (χ2n) is 3.21. The van der Waals surface area contributed by atoms with Crippen molar-refractivity contribution in [2.75, 3.05) is 0 Å². The third-order valence-corrected chi connectivity index (χ3v) is 2.13. The molecule has 2 aromatic heterocycles. The monoisotopic (exact) mass is 215 g/mol. The van der Waals surface area contributed by atoms with Crippen LogP contribution in [0.1, 0.15) is 10.4 Å². The summed E-state index contributed by atoms with van der Waals surface area (Å²) in [6, 6.07) is 6.19. The molecule has 0 aliphatic rings. The molecule has 3 N–H and O–H groups in total. The van der Waals surface area contributed by atoms with Crippen molar-refractivity contribution in [3.05, 3.63) is 52.6 Å². The van der Waals surface area contributed by atoms with E-state index in [0.29, 0.717) is 16.8 Å². The molecule has 0 fully saturated rings. The number of carbonyl (C=O) groups is 1. The number of nitrogens with one attached hydrogen (secondary N) is 1. The lowest BCUT2D eigenvalue weighted by molar-refractivity contribution is 0.100. The first kappa shape index (κ1) is 10.1. The van der Waals surface area contributed by atoms with Gasteiger partial charge in [0.05, 0.1) is 11.3 Å². The zero-order valence-corrected chi connectivity index (χ0v) is 8.31. The van der Waals surface area contributed by atoms with Crippen LogP contribution in [0.25, 0.3) is 11.3 Å². The fourth-order valence-corrected chi connectivity index (χ4v) is 1.39. The number of H-pyrrole nitrogens is 1. The Balaban J connectivity index is 2.59. The molecule has 16 heavy (non-hydrogen) atoms. The van der Waals surface area contributed by atoms with E-state index in [4.69, 9.17) is 5.73 Å². The summed E-state index contributed by atoms with van der Waals surface area (Å²) in [5.41, 5.74) is 6.46. The second kappa shape index (κ2) is 3.98. The molecule has 2 heterocycles. The lowest BCUT2D eigenvalue weighted by Crippen LogP contribution is -2.13. The van der Waals surface area contributed by atoms with Crippen molar-refractivity contribution in [3.8, 4) is 11.3 Å². The standard InChI is InChI=1S/C11H9N3O2/c12-11(16)8-2-1-5-13-10(8)7-3-4-9(15)14-6-7/h1-6H,(H2,12,16)(H,14,15). The van der Waals surface area contributed by atoms with Crippen molar-refractivity contribution in [2.24, 2.45) is 5.73 Å². The van der Waals surface area contributed by atoms with Gasteiger partial charge in [0, 0.05) is 24.0 Å². The summed E-state index contributed by atoms with van der Waals surface area (Å²) in [6.45, 7) is 0. The number of primary amides is 1. The second-order valence-corrected chi connectivity index (χ2v) is 3.21. The predicted octanol–water partition coefficient (Wildman–Crippen LogP) is 0.536. The highest BCUT2D eigenvalue weighted by molar-refractivity contribution is 5.98. The molecule has 0 aliphatic carbocycles.